The number of H-pyrrole nitrogens is 1. The first-order valence-corrected chi connectivity index (χ1v) is 6.16. The van der Waals surface area contributed by atoms with Gasteiger partial charge in [-0.25, -0.2) is 0 Å². The van der Waals surface area contributed by atoms with Crippen molar-refractivity contribution in [1.29, 1.82) is 0 Å². The van der Waals surface area contributed by atoms with Gasteiger partial charge in [0.05, 0.1) is 0 Å². The Kier molecular flexibility index (Phi) is 4.14. The van der Waals surface area contributed by atoms with Gasteiger partial charge < -0.3 is 10.1 Å². The maximum Gasteiger partial charge on any atom is 0.272 e. The molecule has 5 nitrogen and oxygen atoms in total. The second-order valence-electron chi connectivity index (χ2n) is 4.34. The van der Waals surface area contributed by atoms with Crippen LogP contribution in [-0.2, 0) is 17.6 Å². The smallest absolute Gasteiger partial charge is 0.272 e. The average molecular weight is 237 g/mol. The largest absolute Gasteiger partial charge is 0.385 e. The second-order valence-corrected chi connectivity index (χ2v) is 4.34. The highest BCUT2D eigenvalue weighted by molar-refractivity contribution is 5.94. The van der Waals surface area contributed by atoms with Crippen LogP contribution in [0.1, 0.15) is 41.0 Å². The molecule has 94 valence electrons. The van der Waals surface area contributed by atoms with E-state index in [4.69, 9.17) is 4.74 Å². The van der Waals surface area contributed by atoms with Gasteiger partial charge in [-0.2, -0.15) is 5.10 Å². The summed E-state index contributed by atoms with van der Waals surface area (Å²) in [5.41, 5.74) is 2.83. The molecule has 0 unspecified atom stereocenters. The fraction of sp³-hybridized carbons (Fsp3) is 0.667. The van der Waals surface area contributed by atoms with Crippen LogP contribution in [0.3, 0.4) is 0 Å². The summed E-state index contributed by atoms with van der Waals surface area (Å²) < 4.78 is 4.93. The van der Waals surface area contributed by atoms with Crippen molar-refractivity contribution < 1.29 is 9.53 Å². The number of carbonyl (C=O) groups is 1. The van der Waals surface area contributed by atoms with E-state index in [0.717, 1.165) is 36.9 Å². The Hall–Kier alpha value is -1.36. The topological polar surface area (TPSA) is 67.0 Å². The summed E-state index contributed by atoms with van der Waals surface area (Å²) in [5, 5.41) is 9.97. The van der Waals surface area contributed by atoms with Crippen LogP contribution in [-0.4, -0.2) is 36.4 Å². The van der Waals surface area contributed by atoms with Crippen molar-refractivity contribution in [1.82, 2.24) is 15.5 Å². The van der Waals surface area contributed by atoms with E-state index in [1.54, 1.807) is 7.11 Å². The molecule has 1 aromatic heterocycles. The molecule has 2 N–H and O–H groups in total. The van der Waals surface area contributed by atoms with Gasteiger partial charge in [-0.15, -0.1) is 0 Å². The summed E-state index contributed by atoms with van der Waals surface area (Å²) >= 11 is 0. The molecule has 2 rings (SSSR count). The lowest BCUT2D eigenvalue weighted by Gasteiger charge is -2.11. The first-order valence-electron chi connectivity index (χ1n) is 6.16. The first kappa shape index (κ1) is 12.1. The quantitative estimate of drug-likeness (QED) is 0.752. The van der Waals surface area contributed by atoms with E-state index < -0.39 is 0 Å². The lowest BCUT2D eigenvalue weighted by molar-refractivity contribution is 0.0942. The molecule has 1 aliphatic rings. The maximum atomic E-state index is 11.9. The average Bonchev–Trinajstić information content (AvgIpc) is 2.78. The molecule has 0 bridgehead atoms. The molecule has 1 aromatic rings. The number of amides is 1. The highest BCUT2D eigenvalue weighted by Gasteiger charge is 2.21. The Morgan fingerprint density at radius 3 is 3.12 bits per heavy atom. The second kappa shape index (κ2) is 5.82. The maximum absolute atomic E-state index is 11.9. The number of carbonyl (C=O) groups excluding carboxylic acids is 1. The van der Waals surface area contributed by atoms with E-state index in [2.05, 4.69) is 15.5 Å². The zero-order valence-corrected chi connectivity index (χ0v) is 10.2. The van der Waals surface area contributed by atoms with Crippen LogP contribution < -0.4 is 5.32 Å². The van der Waals surface area contributed by atoms with Gasteiger partial charge in [-0.3, -0.25) is 9.89 Å². The molecule has 0 saturated heterocycles. The summed E-state index contributed by atoms with van der Waals surface area (Å²) in [4.78, 5) is 11.9. The number of aryl methyl sites for hydroxylation is 1. The fourth-order valence-electron chi connectivity index (χ4n) is 2.17. The number of rotatable bonds is 5. The Morgan fingerprint density at radius 2 is 2.29 bits per heavy atom. The van der Waals surface area contributed by atoms with E-state index >= 15 is 0 Å². The zero-order valence-electron chi connectivity index (χ0n) is 10.2. The van der Waals surface area contributed by atoms with Crippen LogP contribution in [0.2, 0.25) is 0 Å². The standard InChI is InChI=1S/C12H19N3O2/c1-17-8-4-7-13-12(16)11-9-5-2-3-6-10(9)14-15-11/h2-8H2,1H3,(H,13,16)(H,14,15). The lowest BCUT2D eigenvalue weighted by atomic mass is 9.96. The van der Waals surface area contributed by atoms with Gasteiger partial charge in [0, 0.05) is 31.5 Å². The Bertz CT molecular complexity index is 387. The number of hydrogen-bond acceptors (Lipinski definition) is 3. The number of fused-ring (bicyclic) bond motifs is 1. The number of aromatic amines is 1. The van der Waals surface area contributed by atoms with Crippen LogP contribution in [0.15, 0.2) is 0 Å². The van der Waals surface area contributed by atoms with Crippen LogP contribution >= 0.6 is 0 Å². The number of ether oxygens (including phenoxy) is 1. The van der Waals surface area contributed by atoms with E-state index in [1.807, 2.05) is 0 Å². The molecule has 17 heavy (non-hydrogen) atoms. The van der Waals surface area contributed by atoms with Crippen LogP contribution in [0.4, 0.5) is 0 Å². The van der Waals surface area contributed by atoms with Gasteiger partial charge >= 0.3 is 0 Å². The predicted octanol–water partition coefficient (Wildman–Crippen LogP) is 1.05. The Balaban J connectivity index is 1.92. The highest BCUT2D eigenvalue weighted by atomic mass is 16.5. The third kappa shape index (κ3) is 2.85. The highest BCUT2D eigenvalue weighted by Crippen LogP contribution is 2.21. The molecule has 0 saturated carbocycles. The van der Waals surface area contributed by atoms with Crippen LogP contribution in [0.25, 0.3) is 0 Å². The van der Waals surface area contributed by atoms with Crippen molar-refractivity contribution in [2.24, 2.45) is 0 Å². The molecular formula is C12H19N3O2. The molecule has 0 aliphatic heterocycles. The van der Waals surface area contributed by atoms with E-state index in [0.29, 0.717) is 18.8 Å². The zero-order chi connectivity index (χ0) is 12.1. The molecule has 0 spiro atoms. The molecule has 1 heterocycles. The minimum atomic E-state index is -0.0690. The van der Waals surface area contributed by atoms with Gasteiger partial charge in [0.1, 0.15) is 0 Å². The third-order valence-corrected chi connectivity index (χ3v) is 3.08. The molecular weight excluding hydrogens is 218 g/mol. The van der Waals surface area contributed by atoms with Crippen molar-refractivity contribution in [2.45, 2.75) is 32.1 Å². The molecule has 0 atom stereocenters. The molecule has 5 heteroatoms. The van der Waals surface area contributed by atoms with E-state index in [9.17, 15) is 4.79 Å². The summed E-state index contributed by atoms with van der Waals surface area (Å²) in [7, 11) is 1.66. The minimum Gasteiger partial charge on any atom is -0.385 e. The molecule has 1 amide bonds. The molecule has 0 aromatic carbocycles. The molecule has 0 fully saturated rings. The van der Waals surface area contributed by atoms with Crippen LogP contribution in [0, 0.1) is 0 Å². The molecule has 0 radical (unpaired) electrons. The number of aromatic nitrogens is 2. The van der Waals surface area contributed by atoms with Gasteiger partial charge in [0.2, 0.25) is 0 Å². The van der Waals surface area contributed by atoms with E-state index in [1.165, 1.54) is 6.42 Å². The summed E-state index contributed by atoms with van der Waals surface area (Å²) in [6, 6.07) is 0. The summed E-state index contributed by atoms with van der Waals surface area (Å²) in [6.45, 7) is 1.30. The van der Waals surface area contributed by atoms with E-state index in [-0.39, 0.29) is 5.91 Å². The van der Waals surface area contributed by atoms with Gasteiger partial charge in [-0.1, -0.05) is 0 Å². The number of methoxy groups -OCH3 is 1. The van der Waals surface area contributed by atoms with Gasteiger partial charge in [0.15, 0.2) is 5.69 Å². The van der Waals surface area contributed by atoms with Gasteiger partial charge in [-0.05, 0) is 32.1 Å². The normalized spacial score (nSPS) is 14.4. The summed E-state index contributed by atoms with van der Waals surface area (Å²) in [6.07, 6.45) is 5.14. The predicted molar refractivity (Wildman–Crippen MR) is 64.1 cm³/mol. The van der Waals surface area contributed by atoms with Crippen molar-refractivity contribution in [3.63, 3.8) is 0 Å². The van der Waals surface area contributed by atoms with Crippen LogP contribution in [0.5, 0.6) is 0 Å². The van der Waals surface area contributed by atoms with Crippen molar-refractivity contribution in [3.8, 4) is 0 Å². The monoisotopic (exact) mass is 237 g/mol. The summed E-state index contributed by atoms with van der Waals surface area (Å²) in [5.74, 6) is -0.0690. The number of nitrogens with zero attached hydrogens (tertiary/aromatic N) is 1. The first-order chi connectivity index (χ1) is 8.33. The third-order valence-electron chi connectivity index (χ3n) is 3.08. The number of nitrogens with one attached hydrogen (secondary N) is 2. The fourth-order valence-corrected chi connectivity index (χ4v) is 2.17. The van der Waals surface area contributed by atoms with Crippen molar-refractivity contribution in [3.05, 3.63) is 17.0 Å². The number of hydrogen-bond donors (Lipinski definition) is 2. The SMILES string of the molecule is COCCCNC(=O)c1n[nH]c2c1CCCC2. The van der Waals surface area contributed by atoms with Gasteiger partial charge in [0.25, 0.3) is 5.91 Å². The Labute approximate surface area is 101 Å². The van der Waals surface area contributed by atoms with Crippen molar-refractivity contribution >= 4 is 5.91 Å². The van der Waals surface area contributed by atoms with Crippen molar-refractivity contribution in [2.75, 3.05) is 20.3 Å². The lowest BCUT2D eigenvalue weighted by Crippen LogP contribution is -2.26. The minimum absolute atomic E-state index is 0.0690. The molecule has 1 aliphatic carbocycles. The Morgan fingerprint density at radius 1 is 1.47 bits per heavy atom.